The first-order valence-corrected chi connectivity index (χ1v) is 6.00. The molecule has 1 aromatic heterocycles. The molecule has 5 heteroatoms. The molecule has 98 valence electrons. The zero-order chi connectivity index (χ0) is 13.7. The molecule has 0 saturated heterocycles. The Morgan fingerprint density at radius 1 is 1.16 bits per heavy atom. The molecule has 19 heavy (non-hydrogen) atoms. The van der Waals surface area contributed by atoms with Gasteiger partial charge in [-0.3, -0.25) is 15.1 Å². The van der Waals surface area contributed by atoms with Gasteiger partial charge < -0.3 is 5.32 Å². The molecule has 1 aromatic carbocycles. The second-order valence-corrected chi connectivity index (χ2v) is 4.40. The Labute approximate surface area is 111 Å². The molecule has 0 aliphatic rings. The maximum atomic E-state index is 10.5. The number of aryl methyl sites for hydroxylation is 1. The van der Waals surface area contributed by atoms with Crippen molar-refractivity contribution < 1.29 is 4.92 Å². The molecule has 5 nitrogen and oxygen atoms in total. The van der Waals surface area contributed by atoms with E-state index < -0.39 is 4.92 Å². The van der Waals surface area contributed by atoms with Crippen molar-refractivity contribution in [3.8, 4) is 0 Å². The molecule has 0 atom stereocenters. The van der Waals surface area contributed by atoms with E-state index in [1.165, 1.54) is 12.1 Å². The lowest BCUT2D eigenvalue weighted by molar-refractivity contribution is -0.384. The smallest absolute Gasteiger partial charge is 0.269 e. The van der Waals surface area contributed by atoms with E-state index in [0.29, 0.717) is 6.54 Å². The van der Waals surface area contributed by atoms with E-state index >= 15 is 0 Å². The molecule has 1 N–H and O–H groups in total. The maximum Gasteiger partial charge on any atom is 0.269 e. The Morgan fingerprint density at radius 3 is 2.47 bits per heavy atom. The van der Waals surface area contributed by atoms with E-state index in [0.717, 1.165) is 23.2 Å². The first kappa shape index (κ1) is 13.2. The molecular formula is C14H15N3O2. The highest BCUT2D eigenvalue weighted by atomic mass is 16.6. The van der Waals surface area contributed by atoms with E-state index in [2.05, 4.69) is 16.4 Å². The summed E-state index contributed by atoms with van der Waals surface area (Å²) in [5, 5.41) is 13.8. The number of aromatic nitrogens is 1. The number of non-ortho nitro benzene ring substituents is 1. The van der Waals surface area contributed by atoms with Gasteiger partial charge in [-0.15, -0.1) is 0 Å². The van der Waals surface area contributed by atoms with Crippen LogP contribution in [0.2, 0.25) is 0 Å². The summed E-state index contributed by atoms with van der Waals surface area (Å²) in [7, 11) is 0. The highest BCUT2D eigenvalue weighted by molar-refractivity contribution is 5.32. The molecule has 0 amide bonds. The van der Waals surface area contributed by atoms with Crippen molar-refractivity contribution >= 4 is 5.69 Å². The summed E-state index contributed by atoms with van der Waals surface area (Å²) in [6.45, 7) is 3.41. The molecule has 2 aromatic rings. The lowest BCUT2D eigenvalue weighted by atomic mass is 10.2. The van der Waals surface area contributed by atoms with Crippen molar-refractivity contribution in [3.05, 3.63) is 69.5 Å². The molecule has 0 saturated carbocycles. The van der Waals surface area contributed by atoms with Gasteiger partial charge in [-0.05, 0) is 23.6 Å². The van der Waals surface area contributed by atoms with Crippen molar-refractivity contribution in [1.82, 2.24) is 10.3 Å². The van der Waals surface area contributed by atoms with Crippen LogP contribution < -0.4 is 5.32 Å². The number of hydrogen-bond acceptors (Lipinski definition) is 4. The van der Waals surface area contributed by atoms with Gasteiger partial charge in [0.15, 0.2) is 0 Å². The van der Waals surface area contributed by atoms with E-state index in [-0.39, 0.29) is 5.69 Å². The molecule has 0 fully saturated rings. The van der Waals surface area contributed by atoms with Crippen LogP contribution in [0.25, 0.3) is 0 Å². The number of benzene rings is 1. The lowest BCUT2D eigenvalue weighted by Crippen LogP contribution is -2.12. The molecule has 0 unspecified atom stereocenters. The van der Waals surface area contributed by atoms with Crippen molar-refractivity contribution in [1.29, 1.82) is 0 Å². The summed E-state index contributed by atoms with van der Waals surface area (Å²) in [6.07, 6.45) is 3.65. The van der Waals surface area contributed by atoms with Crippen LogP contribution in [-0.4, -0.2) is 9.91 Å². The minimum absolute atomic E-state index is 0.117. The molecule has 0 bridgehead atoms. The van der Waals surface area contributed by atoms with E-state index in [1.807, 2.05) is 19.3 Å². The molecule has 0 spiro atoms. The van der Waals surface area contributed by atoms with Gasteiger partial charge in [-0.25, -0.2) is 0 Å². The fourth-order valence-electron chi connectivity index (χ4n) is 1.80. The predicted molar refractivity (Wildman–Crippen MR) is 72.6 cm³/mol. The van der Waals surface area contributed by atoms with E-state index in [1.54, 1.807) is 12.1 Å². The number of nitro benzene ring substituents is 1. The summed E-state index contributed by atoms with van der Waals surface area (Å²) in [6, 6.07) is 8.64. The van der Waals surface area contributed by atoms with Crippen molar-refractivity contribution in [2.24, 2.45) is 0 Å². The molecule has 0 aliphatic carbocycles. The Balaban J connectivity index is 1.87. The Hall–Kier alpha value is -2.27. The monoisotopic (exact) mass is 257 g/mol. The largest absolute Gasteiger partial charge is 0.309 e. The van der Waals surface area contributed by atoms with Crippen LogP contribution >= 0.6 is 0 Å². The zero-order valence-electron chi connectivity index (χ0n) is 10.7. The highest BCUT2D eigenvalue weighted by Crippen LogP contribution is 2.11. The van der Waals surface area contributed by atoms with Crippen molar-refractivity contribution in [3.63, 3.8) is 0 Å². The van der Waals surface area contributed by atoms with E-state index in [9.17, 15) is 10.1 Å². The maximum absolute atomic E-state index is 10.5. The average Bonchev–Trinajstić information content (AvgIpc) is 2.39. The first-order chi connectivity index (χ1) is 9.15. The van der Waals surface area contributed by atoms with Gasteiger partial charge in [0, 0.05) is 37.6 Å². The molecule has 1 heterocycles. The van der Waals surface area contributed by atoms with Gasteiger partial charge in [0.05, 0.1) is 4.92 Å². The predicted octanol–water partition coefficient (Wildman–Crippen LogP) is 2.59. The molecule has 2 rings (SSSR count). The zero-order valence-corrected chi connectivity index (χ0v) is 10.7. The van der Waals surface area contributed by atoms with Gasteiger partial charge in [0.2, 0.25) is 0 Å². The van der Waals surface area contributed by atoms with Crippen LogP contribution in [0, 0.1) is 17.0 Å². The number of nitrogens with one attached hydrogen (secondary N) is 1. The standard InChI is InChI=1S/C14H15N3O2/c1-11-6-13(9-15-7-11)10-16-8-12-2-4-14(5-3-12)17(18)19/h2-7,9,16H,8,10H2,1H3. The number of nitro groups is 1. The van der Waals surface area contributed by atoms with Crippen LogP contribution in [0.5, 0.6) is 0 Å². The first-order valence-electron chi connectivity index (χ1n) is 6.00. The molecular weight excluding hydrogens is 242 g/mol. The third kappa shape index (κ3) is 3.86. The molecule has 0 aliphatic heterocycles. The summed E-state index contributed by atoms with van der Waals surface area (Å²) < 4.78 is 0. The fourth-order valence-corrected chi connectivity index (χ4v) is 1.80. The number of nitrogens with zero attached hydrogens (tertiary/aromatic N) is 2. The fraction of sp³-hybridized carbons (Fsp3) is 0.214. The Kier molecular flexibility index (Phi) is 4.20. The van der Waals surface area contributed by atoms with Gasteiger partial charge >= 0.3 is 0 Å². The number of hydrogen-bond donors (Lipinski definition) is 1. The minimum atomic E-state index is -0.393. The van der Waals surface area contributed by atoms with Crippen LogP contribution in [0.4, 0.5) is 5.69 Å². The van der Waals surface area contributed by atoms with E-state index in [4.69, 9.17) is 0 Å². The summed E-state index contributed by atoms with van der Waals surface area (Å²) >= 11 is 0. The van der Waals surface area contributed by atoms with Crippen molar-refractivity contribution in [2.75, 3.05) is 0 Å². The van der Waals surface area contributed by atoms with Crippen molar-refractivity contribution in [2.45, 2.75) is 20.0 Å². The topological polar surface area (TPSA) is 68.1 Å². The van der Waals surface area contributed by atoms with Gasteiger partial charge in [0.25, 0.3) is 5.69 Å². The SMILES string of the molecule is Cc1cncc(CNCc2ccc([N+](=O)[O-])cc2)c1. The second-order valence-electron chi connectivity index (χ2n) is 4.40. The lowest BCUT2D eigenvalue weighted by Gasteiger charge is -2.05. The third-order valence-electron chi connectivity index (χ3n) is 2.74. The van der Waals surface area contributed by atoms with Gasteiger partial charge in [-0.1, -0.05) is 18.2 Å². The van der Waals surface area contributed by atoms with Crippen LogP contribution in [0.3, 0.4) is 0 Å². The highest BCUT2D eigenvalue weighted by Gasteiger charge is 2.03. The minimum Gasteiger partial charge on any atom is -0.309 e. The summed E-state index contributed by atoms with van der Waals surface area (Å²) in [5.41, 5.74) is 3.40. The van der Waals surface area contributed by atoms with Gasteiger partial charge in [0.1, 0.15) is 0 Å². The van der Waals surface area contributed by atoms with Gasteiger partial charge in [-0.2, -0.15) is 0 Å². The quantitative estimate of drug-likeness (QED) is 0.660. The Morgan fingerprint density at radius 2 is 1.84 bits per heavy atom. The summed E-state index contributed by atoms with van der Waals surface area (Å²) in [4.78, 5) is 14.3. The summed E-state index contributed by atoms with van der Waals surface area (Å²) in [5.74, 6) is 0. The third-order valence-corrected chi connectivity index (χ3v) is 2.74. The van der Waals surface area contributed by atoms with Crippen LogP contribution in [0.15, 0.2) is 42.7 Å². The molecule has 0 radical (unpaired) electrons. The Bertz CT molecular complexity index is 567. The van der Waals surface area contributed by atoms with Crippen LogP contribution in [0.1, 0.15) is 16.7 Å². The van der Waals surface area contributed by atoms with Crippen LogP contribution in [-0.2, 0) is 13.1 Å². The second kappa shape index (κ2) is 6.06. The number of rotatable bonds is 5. The normalized spacial score (nSPS) is 10.4. The number of pyridine rings is 1. The average molecular weight is 257 g/mol.